The van der Waals surface area contributed by atoms with Crippen molar-refractivity contribution in [2.24, 2.45) is 5.41 Å². The fraction of sp³-hybridized carbons (Fsp3) is 0.533. The van der Waals surface area contributed by atoms with E-state index in [0.717, 1.165) is 11.3 Å². The molecule has 4 heteroatoms. The normalized spacial score (nSPS) is 12.9. The van der Waals surface area contributed by atoms with Gasteiger partial charge in [-0.05, 0) is 36.5 Å². The van der Waals surface area contributed by atoms with Crippen LogP contribution in [0.4, 0.5) is 10.5 Å². The topological polar surface area (TPSA) is 61.4 Å². The lowest BCUT2D eigenvalue weighted by atomic mass is 9.85. The number of urea groups is 1. The first-order chi connectivity index (χ1) is 8.82. The Morgan fingerprint density at radius 3 is 2.58 bits per heavy atom. The van der Waals surface area contributed by atoms with Crippen LogP contribution in [0.15, 0.2) is 24.3 Å². The molecule has 1 aromatic rings. The minimum atomic E-state index is -0.237. The molecule has 0 saturated carbocycles. The number of amides is 2. The molecule has 0 saturated heterocycles. The first kappa shape index (κ1) is 15.5. The van der Waals surface area contributed by atoms with Crippen molar-refractivity contribution in [2.75, 3.05) is 11.9 Å². The van der Waals surface area contributed by atoms with E-state index in [2.05, 4.69) is 10.6 Å². The van der Waals surface area contributed by atoms with Crippen LogP contribution in [0.2, 0.25) is 0 Å². The summed E-state index contributed by atoms with van der Waals surface area (Å²) in [6.45, 7) is 8.17. The first-order valence-electron chi connectivity index (χ1n) is 6.58. The van der Waals surface area contributed by atoms with Gasteiger partial charge in [-0.25, -0.2) is 4.79 Å². The van der Waals surface area contributed by atoms with Crippen molar-refractivity contribution in [1.29, 1.82) is 0 Å². The van der Waals surface area contributed by atoms with Crippen molar-refractivity contribution in [3.8, 4) is 0 Å². The van der Waals surface area contributed by atoms with Gasteiger partial charge < -0.3 is 15.7 Å². The minimum Gasteiger partial charge on any atom is -0.396 e. The van der Waals surface area contributed by atoms with Crippen LogP contribution in [-0.2, 0) is 0 Å². The number of nitrogens with one attached hydrogen (secondary N) is 2. The van der Waals surface area contributed by atoms with E-state index in [0.29, 0.717) is 6.42 Å². The molecule has 0 aliphatic heterocycles. The maximum Gasteiger partial charge on any atom is 0.319 e. The summed E-state index contributed by atoms with van der Waals surface area (Å²) in [5.74, 6) is 0. The molecule has 0 aromatic heterocycles. The highest BCUT2D eigenvalue weighted by Crippen LogP contribution is 2.21. The molecule has 0 spiro atoms. The number of aliphatic hydroxyl groups is 1. The van der Waals surface area contributed by atoms with Crippen LogP contribution < -0.4 is 10.6 Å². The Kier molecular flexibility index (Phi) is 5.36. The van der Waals surface area contributed by atoms with Crippen molar-refractivity contribution in [2.45, 2.75) is 40.2 Å². The molecule has 0 aliphatic carbocycles. The highest BCUT2D eigenvalue weighted by atomic mass is 16.3. The van der Waals surface area contributed by atoms with E-state index in [-0.39, 0.29) is 24.1 Å². The molecule has 0 bridgehead atoms. The molecule has 1 aromatic carbocycles. The van der Waals surface area contributed by atoms with Crippen LogP contribution in [0.5, 0.6) is 0 Å². The van der Waals surface area contributed by atoms with Gasteiger partial charge in [0.1, 0.15) is 0 Å². The van der Waals surface area contributed by atoms with Crippen LogP contribution in [0.25, 0.3) is 0 Å². The lowest BCUT2D eigenvalue weighted by molar-refractivity contribution is 0.194. The average Bonchev–Trinajstić information content (AvgIpc) is 2.27. The van der Waals surface area contributed by atoms with Gasteiger partial charge in [0, 0.05) is 18.3 Å². The van der Waals surface area contributed by atoms with Crippen LogP contribution in [-0.4, -0.2) is 23.8 Å². The monoisotopic (exact) mass is 264 g/mol. The van der Waals surface area contributed by atoms with E-state index in [1.54, 1.807) is 0 Å². The molecule has 0 aliphatic rings. The summed E-state index contributed by atoms with van der Waals surface area (Å²) >= 11 is 0. The summed E-state index contributed by atoms with van der Waals surface area (Å²) in [6.07, 6.45) is 0.546. The summed E-state index contributed by atoms with van der Waals surface area (Å²) in [5, 5.41) is 14.8. The van der Waals surface area contributed by atoms with E-state index in [9.17, 15) is 4.79 Å². The number of benzene rings is 1. The van der Waals surface area contributed by atoms with Crippen molar-refractivity contribution in [3.05, 3.63) is 29.8 Å². The summed E-state index contributed by atoms with van der Waals surface area (Å²) in [6, 6.07) is 7.34. The Morgan fingerprint density at radius 1 is 1.37 bits per heavy atom. The second kappa shape index (κ2) is 6.57. The number of rotatable bonds is 4. The zero-order valence-electron chi connectivity index (χ0n) is 12.2. The lowest BCUT2D eigenvalue weighted by Gasteiger charge is -2.31. The van der Waals surface area contributed by atoms with E-state index >= 15 is 0 Å². The summed E-state index contributed by atoms with van der Waals surface area (Å²) in [4.78, 5) is 12.0. The van der Waals surface area contributed by atoms with E-state index in [1.165, 1.54) is 0 Å². The van der Waals surface area contributed by atoms with E-state index < -0.39 is 0 Å². The zero-order chi connectivity index (χ0) is 14.5. The maximum absolute atomic E-state index is 12.0. The highest BCUT2D eigenvalue weighted by Gasteiger charge is 2.25. The molecule has 106 valence electrons. The summed E-state index contributed by atoms with van der Waals surface area (Å²) < 4.78 is 0. The summed E-state index contributed by atoms with van der Waals surface area (Å²) in [7, 11) is 0. The van der Waals surface area contributed by atoms with E-state index in [1.807, 2.05) is 52.0 Å². The molecule has 4 nitrogen and oxygen atoms in total. The molecule has 19 heavy (non-hydrogen) atoms. The Balaban J connectivity index is 2.63. The number of carbonyl (C=O) groups is 1. The van der Waals surface area contributed by atoms with Crippen molar-refractivity contribution in [1.82, 2.24) is 5.32 Å². The predicted molar refractivity (Wildman–Crippen MR) is 78.3 cm³/mol. The lowest BCUT2D eigenvalue weighted by Crippen LogP contribution is -2.46. The van der Waals surface area contributed by atoms with Gasteiger partial charge in [0.15, 0.2) is 0 Å². The number of aliphatic hydroxyl groups excluding tert-OH is 1. The van der Waals surface area contributed by atoms with Gasteiger partial charge in [0.05, 0.1) is 0 Å². The Labute approximate surface area is 115 Å². The predicted octanol–water partition coefficient (Wildman–Crippen LogP) is 2.91. The molecule has 2 amide bonds. The van der Waals surface area contributed by atoms with Crippen LogP contribution in [0.1, 0.15) is 32.8 Å². The number of hydrogen-bond acceptors (Lipinski definition) is 2. The molecule has 1 unspecified atom stereocenters. The van der Waals surface area contributed by atoms with Gasteiger partial charge in [-0.3, -0.25) is 0 Å². The molecule has 1 rings (SSSR count). The SMILES string of the molecule is Cc1cccc(NC(=O)NC(CCO)C(C)(C)C)c1. The Bertz CT molecular complexity index is 424. The Hall–Kier alpha value is -1.55. The smallest absolute Gasteiger partial charge is 0.319 e. The average molecular weight is 264 g/mol. The van der Waals surface area contributed by atoms with Crippen LogP contribution in [0.3, 0.4) is 0 Å². The number of hydrogen-bond donors (Lipinski definition) is 3. The van der Waals surface area contributed by atoms with Gasteiger partial charge in [0.2, 0.25) is 0 Å². The van der Waals surface area contributed by atoms with Crippen molar-refractivity contribution < 1.29 is 9.90 Å². The van der Waals surface area contributed by atoms with Gasteiger partial charge in [-0.15, -0.1) is 0 Å². The zero-order valence-corrected chi connectivity index (χ0v) is 12.2. The molecule has 3 N–H and O–H groups in total. The second-order valence-electron chi connectivity index (χ2n) is 5.90. The van der Waals surface area contributed by atoms with Crippen LogP contribution in [0, 0.1) is 12.3 Å². The van der Waals surface area contributed by atoms with Crippen LogP contribution >= 0.6 is 0 Å². The van der Waals surface area contributed by atoms with E-state index in [4.69, 9.17) is 5.11 Å². The molecule has 0 radical (unpaired) electrons. The number of anilines is 1. The minimum absolute atomic E-state index is 0.0622. The first-order valence-corrected chi connectivity index (χ1v) is 6.58. The standard InChI is InChI=1S/C15H24N2O2/c1-11-6-5-7-12(10-11)16-14(19)17-13(8-9-18)15(2,3)4/h5-7,10,13,18H,8-9H2,1-4H3,(H2,16,17,19). The van der Waals surface area contributed by atoms with Gasteiger partial charge in [-0.2, -0.15) is 0 Å². The fourth-order valence-electron chi connectivity index (χ4n) is 1.90. The molecule has 0 fully saturated rings. The third kappa shape index (κ3) is 5.30. The Morgan fingerprint density at radius 2 is 2.05 bits per heavy atom. The third-order valence-corrected chi connectivity index (χ3v) is 3.04. The van der Waals surface area contributed by atoms with Crippen molar-refractivity contribution >= 4 is 11.7 Å². The quantitative estimate of drug-likeness (QED) is 0.783. The van der Waals surface area contributed by atoms with Crippen molar-refractivity contribution in [3.63, 3.8) is 0 Å². The second-order valence-corrected chi connectivity index (χ2v) is 5.90. The largest absolute Gasteiger partial charge is 0.396 e. The van der Waals surface area contributed by atoms with Gasteiger partial charge in [0.25, 0.3) is 0 Å². The number of aryl methyl sites for hydroxylation is 1. The highest BCUT2D eigenvalue weighted by molar-refractivity contribution is 5.89. The molecular weight excluding hydrogens is 240 g/mol. The third-order valence-electron chi connectivity index (χ3n) is 3.04. The molecular formula is C15H24N2O2. The fourth-order valence-corrected chi connectivity index (χ4v) is 1.90. The molecule has 0 heterocycles. The van der Waals surface area contributed by atoms with Gasteiger partial charge in [-0.1, -0.05) is 32.9 Å². The van der Waals surface area contributed by atoms with Gasteiger partial charge >= 0.3 is 6.03 Å². The summed E-state index contributed by atoms with van der Waals surface area (Å²) in [5.41, 5.74) is 1.78. The number of carbonyl (C=O) groups excluding carboxylic acids is 1. The maximum atomic E-state index is 12.0. The molecule has 1 atom stereocenters.